The van der Waals surface area contributed by atoms with Crippen LogP contribution in [0, 0.1) is 11.3 Å². The molecule has 0 atom stereocenters. The summed E-state index contributed by atoms with van der Waals surface area (Å²) in [5.74, 6) is -1.21. The van der Waals surface area contributed by atoms with E-state index >= 15 is 0 Å². The van der Waals surface area contributed by atoms with Crippen LogP contribution in [-0.2, 0) is 4.79 Å². The van der Waals surface area contributed by atoms with Gasteiger partial charge in [0.25, 0.3) is 0 Å². The minimum absolute atomic E-state index is 0.266. The Balaban J connectivity index is 2.33. The molecule has 1 fully saturated rings. The van der Waals surface area contributed by atoms with Crippen molar-refractivity contribution in [1.29, 1.82) is 5.26 Å². The van der Waals surface area contributed by atoms with Crippen molar-refractivity contribution in [3.8, 4) is 6.07 Å². The number of hydrogen-bond acceptors (Lipinski definition) is 3. The highest BCUT2D eigenvalue weighted by molar-refractivity contribution is 5.96. The summed E-state index contributed by atoms with van der Waals surface area (Å²) in [7, 11) is 0. The van der Waals surface area contributed by atoms with Crippen LogP contribution < -0.4 is 0 Å². The predicted molar refractivity (Wildman–Crippen MR) is 51.7 cm³/mol. The van der Waals surface area contributed by atoms with E-state index in [1.54, 1.807) is 18.6 Å². The molecular weight excluding hydrogens is 194 g/mol. The smallest absolute Gasteiger partial charge is 0.346 e. The molecule has 1 aromatic heterocycles. The second kappa shape index (κ2) is 3.58. The van der Waals surface area contributed by atoms with E-state index in [1.807, 2.05) is 4.57 Å². The first-order chi connectivity index (χ1) is 7.22. The SMILES string of the molecule is N#CC(=Cc1cncn1C1CC1)C(=O)O. The van der Waals surface area contributed by atoms with Gasteiger partial charge in [0.1, 0.15) is 11.6 Å². The van der Waals surface area contributed by atoms with Gasteiger partial charge in [0.15, 0.2) is 0 Å². The first kappa shape index (κ1) is 9.46. The number of nitrogens with zero attached hydrogens (tertiary/aromatic N) is 3. The van der Waals surface area contributed by atoms with Gasteiger partial charge in [-0.1, -0.05) is 0 Å². The Morgan fingerprint density at radius 1 is 1.73 bits per heavy atom. The van der Waals surface area contributed by atoms with Gasteiger partial charge in [-0.15, -0.1) is 0 Å². The molecule has 0 saturated heterocycles. The van der Waals surface area contributed by atoms with Gasteiger partial charge in [0, 0.05) is 6.04 Å². The lowest BCUT2D eigenvalue weighted by atomic mass is 10.2. The molecule has 0 aliphatic heterocycles. The van der Waals surface area contributed by atoms with Gasteiger partial charge in [-0.25, -0.2) is 9.78 Å². The minimum Gasteiger partial charge on any atom is -0.477 e. The fourth-order valence-electron chi connectivity index (χ4n) is 1.37. The summed E-state index contributed by atoms with van der Waals surface area (Å²) in [6.07, 6.45) is 6.77. The Labute approximate surface area is 86.3 Å². The summed E-state index contributed by atoms with van der Waals surface area (Å²) in [5, 5.41) is 17.3. The molecule has 1 saturated carbocycles. The zero-order chi connectivity index (χ0) is 10.8. The molecule has 0 bridgehead atoms. The van der Waals surface area contributed by atoms with E-state index in [0.717, 1.165) is 12.8 Å². The number of aliphatic carboxylic acids is 1. The van der Waals surface area contributed by atoms with Crippen LogP contribution >= 0.6 is 0 Å². The van der Waals surface area contributed by atoms with Crippen LogP contribution in [0.25, 0.3) is 6.08 Å². The predicted octanol–water partition coefficient (Wildman–Crippen LogP) is 1.21. The van der Waals surface area contributed by atoms with Crippen LogP contribution in [0.5, 0.6) is 0 Å². The van der Waals surface area contributed by atoms with Gasteiger partial charge in [0.2, 0.25) is 0 Å². The summed E-state index contributed by atoms with van der Waals surface area (Å²) in [6.45, 7) is 0. The third-order valence-corrected chi connectivity index (χ3v) is 2.28. The summed E-state index contributed by atoms with van der Waals surface area (Å²) < 4.78 is 1.90. The highest BCUT2D eigenvalue weighted by atomic mass is 16.4. The molecule has 0 unspecified atom stereocenters. The van der Waals surface area contributed by atoms with E-state index in [9.17, 15) is 4.79 Å². The van der Waals surface area contributed by atoms with Crippen molar-refractivity contribution < 1.29 is 9.90 Å². The summed E-state index contributed by atoms with van der Waals surface area (Å²) in [6, 6.07) is 2.07. The quantitative estimate of drug-likeness (QED) is 0.591. The molecule has 0 amide bonds. The van der Waals surface area contributed by atoms with Crippen molar-refractivity contribution in [2.75, 3.05) is 0 Å². The highest BCUT2D eigenvalue weighted by Crippen LogP contribution is 2.35. The van der Waals surface area contributed by atoms with E-state index < -0.39 is 5.97 Å². The maximum atomic E-state index is 10.6. The molecule has 0 aromatic carbocycles. The van der Waals surface area contributed by atoms with Crippen molar-refractivity contribution in [3.63, 3.8) is 0 Å². The van der Waals surface area contributed by atoms with Crippen LogP contribution in [0.15, 0.2) is 18.1 Å². The normalized spacial score (nSPS) is 16.1. The van der Waals surface area contributed by atoms with E-state index in [0.29, 0.717) is 11.7 Å². The van der Waals surface area contributed by atoms with Crippen molar-refractivity contribution in [1.82, 2.24) is 9.55 Å². The second-order valence-electron chi connectivity index (χ2n) is 3.43. The Bertz CT molecular complexity index is 463. The lowest BCUT2D eigenvalue weighted by Gasteiger charge is -2.01. The molecule has 1 aromatic rings. The molecule has 0 radical (unpaired) electrons. The molecule has 15 heavy (non-hydrogen) atoms. The molecule has 0 spiro atoms. The molecule has 5 nitrogen and oxygen atoms in total. The monoisotopic (exact) mass is 203 g/mol. The molecular formula is C10H9N3O2. The summed E-state index contributed by atoms with van der Waals surface area (Å²) >= 11 is 0. The molecule has 76 valence electrons. The fourth-order valence-corrected chi connectivity index (χ4v) is 1.37. The van der Waals surface area contributed by atoms with Gasteiger partial charge >= 0.3 is 5.97 Å². The lowest BCUT2D eigenvalue weighted by molar-refractivity contribution is -0.132. The van der Waals surface area contributed by atoms with Gasteiger partial charge < -0.3 is 9.67 Å². The van der Waals surface area contributed by atoms with Crippen molar-refractivity contribution in [3.05, 3.63) is 23.8 Å². The number of carboxylic acids is 1. The van der Waals surface area contributed by atoms with E-state index in [-0.39, 0.29) is 5.57 Å². The molecule has 1 aliphatic carbocycles. The van der Waals surface area contributed by atoms with E-state index in [1.165, 1.54) is 6.08 Å². The van der Waals surface area contributed by atoms with Gasteiger partial charge in [-0.05, 0) is 18.9 Å². The molecule has 2 rings (SSSR count). The minimum atomic E-state index is -1.21. The average Bonchev–Trinajstić information content (AvgIpc) is 2.95. The summed E-state index contributed by atoms with van der Waals surface area (Å²) in [4.78, 5) is 14.6. The molecule has 5 heteroatoms. The standard InChI is InChI=1S/C10H9N3O2/c11-4-7(10(14)15)3-9-5-12-6-13(9)8-1-2-8/h3,5-6,8H,1-2H2,(H,14,15). The van der Waals surface area contributed by atoms with Crippen LogP contribution in [0.4, 0.5) is 0 Å². The topological polar surface area (TPSA) is 78.9 Å². The summed E-state index contributed by atoms with van der Waals surface area (Å²) in [5.41, 5.74) is 0.411. The van der Waals surface area contributed by atoms with Gasteiger partial charge in [0.05, 0.1) is 18.2 Å². The maximum Gasteiger partial charge on any atom is 0.346 e. The first-order valence-corrected chi connectivity index (χ1v) is 4.59. The number of nitriles is 1. The maximum absolute atomic E-state index is 10.6. The second-order valence-corrected chi connectivity index (χ2v) is 3.43. The molecule has 1 N–H and O–H groups in total. The highest BCUT2D eigenvalue weighted by Gasteiger charge is 2.25. The first-order valence-electron chi connectivity index (χ1n) is 4.59. The number of imidazole rings is 1. The van der Waals surface area contributed by atoms with Crippen molar-refractivity contribution in [2.45, 2.75) is 18.9 Å². The molecule has 1 aliphatic rings. The Kier molecular flexibility index (Phi) is 2.26. The zero-order valence-corrected chi connectivity index (χ0v) is 7.92. The Hall–Kier alpha value is -2.09. The number of rotatable bonds is 3. The van der Waals surface area contributed by atoms with Crippen molar-refractivity contribution >= 4 is 12.0 Å². The van der Waals surface area contributed by atoms with Crippen LogP contribution in [0.1, 0.15) is 24.6 Å². The molecule has 1 heterocycles. The number of carbonyl (C=O) groups is 1. The largest absolute Gasteiger partial charge is 0.477 e. The lowest BCUT2D eigenvalue weighted by Crippen LogP contribution is -2.00. The van der Waals surface area contributed by atoms with E-state index in [2.05, 4.69) is 4.98 Å². The number of carboxylic acid groups (broad SMARTS) is 1. The number of aromatic nitrogens is 2. The van der Waals surface area contributed by atoms with Crippen LogP contribution in [0.2, 0.25) is 0 Å². The Morgan fingerprint density at radius 2 is 2.47 bits per heavy atom. The Morgan fingerprint density at radius 3 is 3.00 bits per heavy atom. The van der Waals surface area contributed by atoms with Gasteiger partial charge in [-0.3, -0.25) is 0 Å². The third kappa shape index (κ3) is 1.89. The van der Waals surface area contributed by atoms with Crippen LogP contribution in [0.3, 0.4) is 0 Å². The van der Waals surface area contributed by atoms with Crippen molar-refractivity contribution in [2.24, 2.45) is 0 Å². The third-order valence-electron chi connectivity index (χ3n) is 2.28. The number of hydrogen-bond donors (Lipinski definition) is 1. The fraction of sp³-hybridized carbons (Fsp3) is 0.300. The van der Waals surface area contributed by atoms with E-state index in [4.69, 9.17) is 10.4 Å². The average molecular weight is 203 g/mol. The van der Waals surface area contributed by atoms with Crippen LogP contribution in [-0.4, -0.2) is 20.6 Å². The zero-order valence-electron chi connectivity index (χ0n) is 7.92. The van der Waals surface area contributed by atoms with Gasteiger partial charge in [-0.2, -0.15) is 5.26 Å².